The minimum Gasteiger partial charge on any atom is -0.348 e. The summed E-state index contributed by atoms with van der Waals surface area (Å²) in [6, 6.07) is 14.5. The Morgan fingerprint density at radius 2 is 1.70 bits per heavy atom. The molecule has 2 aromatic rings. The van der Waals surface area contributed by atoms with E-state index in [2.05, 4.69) is 5.32 Å². The number of nitrogens with zero attached hydrogens (tertiary/aromatic N) is 2. The summed E-state index contributed by atoms with van der Waals surface area (Å²) >= 11 is 0. The van der Waals surface area contributed by atoms with E-state index in [-0.39, 0.29) is 18.5 Å². The molecule has 1 atom stereocenters. The molecule has 1 amide bonds. The fraction of sp³-hybridized carbons (Fsp3) is 0.350. The third-order valence-electron chi connectivity index (χ3n) is 4.35. The summed E-state index contributed by atoms with van der Waals surface area (Å²) in [5, 5.41) is 2.91. The van der Waals surface area contributed by atoms with Gasteiger partial charge < -0.3 is 5.32 Å². The predicted molar refractivity (Wildman–Crippen MR) is 109 cm³/mol. The second-order valence-corrected chi connectivity index (χ2v) is 8.85. The molecule has 0 aliphatic rings. The average Bonchev–Trinajstić information content (AvgIpc) is 2.62. The molecule has 27 heavy (non-hydrogen) atoms. The Labute approximate surface area is 162 Å². The number of anilines is 1. The number of amides is 1. The van der Waals surface area contributed by atoms with E-state index >= 15 is 0 Å². The van der Waals surface area contributed by atoms with Crippen molar-refractivity contribution < 1.29 is 13.2 Å². The van der Waals surface area contributed by atoms with E-state index in [1.807, 2.05) is 39.0 Å². The van der Waals surface area contributed by atoms with Gasteiger partial charge in [-0.1, -0.05) is 42.0 Å². The van der Waals surface area contributed by atoms with Gasteiger partial charge in [0.05, 0.1) is 11.7 Å². The average molecular weight is 390 g/mol. The highest BCUT2D eigenvalue weighted by atomic mass is 32.2. The van der Waals surface area contributed by atoms with Gasteiger partial charge >= 0.3 is 10.2 Å². The molecule has 2 rings (SSSR count). The monoisotopic (exact) mass is 389 g/mol. The van der Waals surface area contributed by atoms with Gasteiger partial charge in [0.15, 0.2) is 0 Å². The van der Waals surface area contributed by atoms with Crippen molar-refractivity contribution in [2.75, 3.05) is 24.9 Å². The summed E-state index contributed by atoms with van der Waals surface area (Å²) in [4.78, 5) is 12.6. The highest BCUT2D eigenvalue weighted by Gasteiger charge is 2.27. The first kappa shape index (κ1) is 20.9. The van der Waals surface area contributed by atoms with Crippen LogP contribution in [0.25, 0.3) is 0 Å². The summed E-state index contributed by atoms with van der Waals surface area (Å²) in [5.74, 6) is -0.363. The zero-order valence-electron chi connectivity index (χ0n) is 16.4. The first-order valence-electron chi connectivity index (χ1n) is 8.74. The van der Waals surface area contributed by atoms with Crippen LogP contribution in [0.5, 0.6) is 0 Å². The van der Waals surface area contributed by atoms with Gasteiger partial charge in [0, 0.05) is 14.1 Å². The normalized spacial score (nSPS) is 12.7. The molecule has 0 saturated carbocycles. The molecular weight excluding hydrogens is 362 g/mol. The van der Waals surface area contributed by atoms with Crippen molar-refractivity contribution in [1.82, 2.24) is 9.62 Å². The van der Waals surface area contributed by atoms with Crippen molar-refractivity contribution >= 4 is 21.8 Å². The number of aryl methyl sites for hydroxylation is 2. The zero-order chi connectivity index (χ0) is 20.2. The molecule has 0 aliphatic heterocycles. The minimum atomic E-state index is -3.80. The number of hydrogen-bond donors (Lipinski definition) is 1. The Morgan fingerprint density at radius 3 is 2.30 bits per heavy atom. The van der Waals surface area contributed by atoms with Gasteiger partial charge in [0.25, 0.3) is 0 Å². The van der Waals surface area contributed by atoms with E-state index in [0.29, 0.717) is 5.69 Å². The van der Waals surface area contributed by atoms with E-state index < -0.39 is 10.2 Å². The van der Waals surface area contributed by atoms with Crippen LogP contribution in [0.4, 0.5) is 5.69 Å². The molecule has 0 heterocycles. The summed E-state index contributed by atoms with van der Waals surface area (Å²) < 4.78 is 27.6. The lowest BCUT2D eigenvalue weighted by atomic mass is 10.00. The van der Waals surface area contributed by atoms with E-state index in [0.717, 1.165) is 25.3 Å². The highest BCUT2D eigenvalue weighted by molar-refractivity contribution is 7.90. The van der Waals surface area contributed by atoms with Crippen molar-refractivity contribution in [3.63, 3.8) is 0 Å². The summed E-state index contributed by atoms with van der Waals surface area (Å²) in [6.45, 7) is 5.59. The highest BCUT2D eigenvalue weighted by Crippen LogP contribution is 2.21. The molecule has 6 nitrogen and oxygen atoms in total. The minimum absolute atomic E-state index is 0.225. The van der Waals surface area contributed by atoms with Crippen LogP contribution in [0.1, 0.15) is 29.7 Å². The van der Waals surface area contributed by atoms with Gasteiger partial charge in [-0.15, -0.1) is 0 Å². The van der Waals surface area contributed by atoms with Crippen LogP contribution >= 0.6 is 0 Å². The van der Waals surface area contributed by atoms with Gasteiger partial charge in [-0.3, -0.25) is 4.79 Å². The first-order valence-corrected chi connectivity index (χ1v) is 10.1. The SMILES string of the molecule is Cc1ccc(C)c([C@H](C)NC(=O)CN(c2ccccc2)S(=O)(=O)N(C)C)c1. The fourth-order valence-electron chi connectivity index (χ4n) is 2.82. The van der Waals surface area contributed by atoms with Crippen LogP contribution in [0, 0.1) is 13.8 Å². The topological polar surface area (TPSA) is 69.7 Å². The standard InChI is InChI=1S/C20H27N3O3S/c1-15-11-12-16(2)19(13-15)17(3)21-20(24)14-23(27(25,26)22(4)5)18-9-7-6-8-10-18/h6-13,17H,14H2,1-5H3,(H,21,24)/t17-/m0/s1. The first-order chi connectivity index (χ1) is 12.6. The summed E-state index contributed by atoms with van der Waals surface area (Å²) in [5.41, 5.74) is 3.65. The van der Waals surface area contributed by atoms with Crippen LogP contribution in [-0.4, -0.2) is 39.3 Å². The van der Waals surface area contributed by atoms with Crippen molar-refractivity contribution in [3.8, 4) is 0 Å². The Morgan fingerprint density at radius 1 is 1.07 bits per heavy atom. The Kier molecular flexibility index (Phi) is 6.62. The molecule has 0 bridgehead atoms. The number of carbonyl (C=O) groups excluding carboxylic acids is 1. The Hall–Kier alpha value is -2.38. The van der Waals surface area contributed by atoms with Crippen molar-refractivity contribution in [2.45, 2.75) is 26.8 Å². The molecule has 2 aromatic carbocycles. The maximum Gasteiger partial charge on any atom is 0.304 e. The van der Waals surface area contributed by atoms with Gasteiger partial charge in [-0.2, -0.15) is 12.7 Å². The summed E-state index contributed by atoms with van der Waals surface area (Å²) in [7, 11) is -0.904. The second-order valence-electron chi connectivity index (χ2n) is 6.78. The fourth-order valence-corrected chi connectivity index (χ4v) is 3.88. The summed E-state index contributed by atoms with van der Waals surface area (Å²) in [6.07, 6.45) is 0. The van der Waals surface area contributed by atoms with Crippen molar-refractivity contribution in [2.24, 2.45) is 0 Å². The smallest absolute Gasteiger partial charge is 0.304 e. The van der Waals surface area contributed by atoms with Crippen molar-refractivity contribution in [1.29, 1.82) is 0 Å². The second kappa shape index (κ2) is 8.54. The van der Waals surface area contributed by atoms with Crippen LogP contribution in [0.3, 0.4) is 0 Å². The van der Waals surface area contributed by atoms with Gasteiger partial charge in [-0.25, -0.2) is 4.31 Å². The number of para-hydroxylation sites is 1. The third kappa shape index (κ3) is 5.08. The Bertz CT molecular complexity index is 896. The lowest BCUT2D eigenvalue weighted by Gasteiger charge is -2.27. The van der Waals surface area contributed by atoms with E-state index in [1.165, 1.54) is 14.1 Å². The van der Waals surface area contributed by atoms with Gasteiger partial charge in [0.1, 0.15) is 6.54 Å². The molecule has 0 aromatic heterocycles. The largest absolute Gasteiger partial charge is 0.348 e. The number of rotatable bonds is 7. The van der Waals surface area contributed by atoms with Crippen LogP contribution in [-0.2, 0) is 15.0 Å². The molecule has 0 fully saturated rings. The zero-order valence-corrected chi connectivity index (χ0v) is 17.2. The number of hydrogen-bond acceptors (Lipinski definition) is 3. The maximum atomic E-state index is 12.7. The van der Waals surface area contributed by atoms with Gasteiger partial charge in [0.2, 0.25) is 5.91 Å². The molecule has 0 radical (unpaired) electrons. The predicted octanol–water partition coefficient (Wildman–Crippen LogP) is 2.79. The van der Waals surface area contributed by atoms with Crippen LogP contribution in [0.2, 0.25) is 0 Å². The van der Waals surface area contributed by atoms with Crippen molar-refractivity contribution in [3.05, 3.63) is 65.2 Å². The molecule has 0 aliphatic carbocycles. The molecular formula is C20H27N3O3S. The van der Waals surface area contributed by atoms with E-state index in [9.17, 15) is 13.2 Å². The molecule has 0 saturated heterocycles. The van der Waals surface area contributed by atoms with E-state index in [4.69, 9.17) is 0 Å². The lowest BCUT2D eigenvalue weighted by Crippen LogP contribution is -2.46. The quantitative estimate of drug-likeness (QED) is 0.792. The Balaban J connectivity index is 2.22. The van der Waals surface area contributed by atoms with Crippen LogP contribution in [0.15, 0.2) is 48.5 Å². The molecule has 146 valence electrons. The van der Waals surface area contributed by atoms with E-state index in [1.54, 1.807) is 30.3 Å². The number of benzene rings is 2. The van der Waals surface area contributed by atoms with Crippen LogP contribution < -0.4 is 9.62 Å². The third-order valence-corrected chi connectivity index (χ3v) is 6.17. The number of nitrogens with one attached hydrogen (secondary N) is 1. The molecule has 1 N–H and O–H groups in total. The van der Waals surface area contributed by atoms with Gasteiger partial charge in [-0.05, 0) is 44.0 Å². The lowest BCUT2D eigenvalue weighted by molar-refractivity contribution is -0.120. The molecule has 7 heteroatoms. The maximum absolute atomic E-state index is 12.7. The molecule has 0 unspecified atom stereocenters. The molecule has 0 spiro atoms. The number of carbonyl (C=O) groups is 1.